The molecule has 0 amide bonds. The van der Waals surface area contributed by atoms with Crippen LogP contribution in [-0.4, -0.2) is 11.6 Å². The molecule has 0 aliphatic carbocycles. The molecule has 0 bridgehead atoms. The lowest BCUT2D eigenvalue weighted by molar-refractivity contribution is 0.378. The highest BCUT2D eigenvalue weighted by molar-refractivity contribution is 7.80. The summed E-state index contributed by atoms with van der Waals surface area (Å²) < 4.78 is 5.26. The molecule has 2 N–H and O–H groups in total. The third-order valence-corrected chi connectivity index (χ3v) is 1.87. The summed E-state index contributed by atoms with van der Waals surface area (Å²) in [6.45, 7) is 2.18. The summed E-state index contributed by atoms with van der Waals surface area (Å²) in [6.07, 6.45) is 0. The van der Waals surface area contributed by atoms with Gasteiger partial charge in [0.25, 0.3) is 0 Å². The van der Waals surface area contributed by atoms with E-state index in [0.29, 0.717) is 15.8 Å². The van der Waals surface area contributed by atoms with Crippen LogP contribution < -0.4 is 10.5 Å². The lowest BCUT2D eigenvalue weighted by Gasteiger charge is -2.06. The van der Waals surface area contributed by atoms with E-state index in [2.05, 4.69) is 12.2 Å². The first-order valence-electron chi connectivity index (χ1n) is 3.77. The topological polar surface area (TPSA) is 35.2 Å². The summed E-state index contributed by atoms with van der Waals surface area (Å²) in [5, 5.41) is 0.580. The largest absolute Gasteiger partial charge is 0.485 e. The SMILES string of the molecule is Cc1ccc(OCC(N)=S)c(Cl)c1. The summed E-state index contributed by atoms with van der Waals surface area (Å²) in [5.41, 5.74) is 6.37. The Labute approximate surface area is 87.6 Å². The minimum atomic E-state index is 0.220. The maximum Gasteiger partial charge on any atom is 0.138 e. The lowest BCUT2D eigenvalue weighted by atomic mass is 10.2. The van der Waals surface area contributed by atoms with Gasteiger partial charge in [-0.1, -0.05) is 29.9 Å². The van der Waals surface area contributed by atoms with Crippen molar-refractivity contribution in [3.05, 3.63) is 28.8 Å². The van der Waals surface area contributed by atoms with Gasteiger partial charge in [-0.2, -0.15) is 0 Å². The van der Waals surface area contributed by atoms with Crippen LogP contribution in [0.2, 0.25) is 5.02 Å². The van der Waals surface area contributed by atoms with E-state index in [1.165, 1.54) is 0 Å². The molecule has 0 heterocycles. The second-order valence-electron chi connectivity index (χ2n) is 2.69. The van der Waals surface area contributed by atoms with Crippen molar-refractivity contribution in [2.75, 3.05) is 6.61 Å². The molecule has 0 atom stereocenters. The fourth-order valence-corrected chi connectivity index (χ4v) is 1.22. The monoisotopic (exact) mass is 215 g/mol. The number of thiocarbonyl (C=S) groups is 1. The Morgan fingerprint density at radius 1 is 1.62 bits per heavy atom. The van der Waals surface area contributed by atoms with E-state index in [-0.39, 0.29) is 6.61 Å². The van der Waals surface area contributed by atoms with Crippen LogP contribution in [0.1, 0.15) is 5.56 Å². The maximum atomic E-state index is 5.90. The summed E-state index contributed by atoms with van der Waals surface area (Å²) >= 11 is 10.6. The number of halogens is 1. The Hall–Kier alpha value is -0.800. The number of nitrogens with two attached hydrogens (primary N) is 1. The quantitative estimate of drug-likeness (QED) is 0.786. The van der Waals surface area contributed by atoms with Gasteiger partial charge in [0.1, 0.15) is 17.3 Å². The summed E-state index contributed by atoms with van der Waals surface area (Å²) in [4.78, 5) is 0.316. The molecule has 0 radical (unpaired) electrons. The number of benzene rings is 1. The van der Waals surface area contributed by atoms with Gasteiger partial charge in [0.2, 0.25) is 0 Å². The molecule has 0 spiro atoms. The standard InChI is InChI=1S/C9H10ClNOS/c1-6-2-3-8(7(10)4-6)12-5-9(11)13/h2-4H,5H2,1H3,(H2,11,13). The molecular formula is C9H10ClNOS. The van der Waals surface area contributed by atoms with Crippen LogP contribution in [0.15, 0.2) is 18.2 Å². The average molecular weight is 216 g/mol. The smallest absolute Gasteiger partial charge is 0.138 e. The van der Waals surface area contributed by atoms with E-state index >= 15 is 0 Å². The first kappa shape index (κ1) is 10.3. The van der Waals surface area contributed by atoms with Crippen LogP contribution in [0, 0.1) is 6.92 Å². The normalized spacial score (nSPS) is 9.69. The van der Waals surface area contributed by atoms with Gasteiger partial charge >= 0.3 is 0 Å². The molecular weight excluding hydrogens is 206 g/mol. The van der Waals surface area contributed by atoms with Crippen LogP contribution in [0.25, 0.3) is 0 Å². The molecule has 0 aliphatic heterocycles. The maximum absolute atomic E-state index is 5.90. The van der Waals surface area contributed by atoms with Crippen molar-refractivity contribution in [1.29, 1.82) is 0 Å². The van der Waals surface area contributed by atoms with Gasteiger partial charge in [-0.3, -0.25) is 0 Å². The zero-order valence-electron chi connectivity index (χ0n) is 7.21. The number of hydrogen-bond donors (Lipinski definition) is 1. The average Bonchev–Trinajstić information content (AvgIpc) is 2.02. The van der Waals surface area contributed by atoms with Crippen LogP contribution in [0.5, 0.6) is 5.75 Å². The van der Waals surface area contributed by atoms with Gasteiger partial charge in [0, 0.05) is 0 Å². The van der Waals surface area contributed by atoms with Gasteiger partial charge in [-0.25, -0.2) is 0 Å². The van der Waals surface area contributed by atoms with E-state index in [4.69, 9.17) is 22.1 Å². The Morgan fingerprint density at radius 3 is 2.85 bits per heavy atom. The summed E-state index contributed by atoms with van der Waals surface area (Å²) in [7, 11) is 0. The minimum absolute atomic E-state index is 0.220. The van der Waals surface area contributed by atoms with Gasteiger partial charge in [-0.05, 0) is 24.6 Å². The first-order chi connectivity index (χ1) is 6.09. The van der Waals surface area contributed by atoms with Gasteiger partial charge < -0.3 is 10.5 Å². The molecule has 2 nitrogen and oxygen atoms in total. The van der Waals surface area contributed by atoms with Crippen molar-refractivity contribution >= 4 is 28.8 Å². The molecule has 13 heavy (non-hydrogen) atoms. The predicted octanol–water partition coefficient (Wildman–Crippen LogP) is 2.31. The molecule has 70 valence electrons. The highest BCUT2D eigenvalue weighted by Crippen LogP contribution is 2.24. The minimum Gasteiger partial charge on any atom is -0.485 e. The number of ether oxygens (including phenoxy) is 1. The molecule has 0 aliphatic rings. The van der Waals surface area contributed by atoms with Crippen molar-refractivity contribution in [2.45, 2.75) is 6.92 Å². The van der Waals surface area contributed by atoms with E-state index in [1.807, 2.05) is 19.1 Å². The van der Waals surface area contributed by atoms with Crippen molar-refractivity contribution in [3.8, 4) is 5.75 Å². The number of rotatable bonds is 3. The molecule has 1 rings (SSSR count). The number of aryl methyl sites for hydroxylation is 1. The zero-order chi connectivity index (χ0) is 9.84. The number of hydrogen-bond acceptors (Lipinski definition) is 2. The fraction of sp³-hybridized carbons (Fsp3) is 0.222. The Balaban J connectivity index is 2.72. The van der Waals surface area contributed by atoms with Crippen molar-refractivity contribution in [3.63, 3.8) is 0 Å². The van der Waals surface area contributed by atoms with E-state index in [0.717, 1.165) is 5.56 Å². The Morgan fingerprint density at radius 2 is 2.31 bits per heavy atom. The van der Waals surface area contributed by atoms with Gasteiger partial charge in [-0.15, -0.1) is 0 Å². The molecule has 0 aromatic heterocycles. The Kier molecular flexibility index (Phi) is 3.51. The lowest BCUT2D eigenvalue weighted by Crippen LogP contribution is -2.17. The second-order valence-corrected chi connectivity index (χ2v) is 3.62. The first-order valence-corrected chi connectivity index (χ1v) is 4.55. The van der Waals surface area contributed by atoms with Crippen LogP contribution in [-0.2, 0) is 0 Å². The second kappa shape index (κ2) is 4.44. The third kappa shape index (κ3) is 3.20. The predicted molar refractivity (Wildman–Crippen MR) is 58.5 cm³/mol. The van der Waals surface area contributed by atoms with Crippen LogP contribution in [0.3, 0.4) is 0 Å². The Bertz CT molecular complexity index is 327. The molecule has 0 saturated carbocycles. The third-order valence-electron chi connectivity index (χ3n) is 1.46. The molecule has 0 unspecified atom stereocenters. The van der Waals surface area contributed by atoms with Crippen LogP contribution in [0.4, 0.5) is 0 Å². The van der Waals surface area contributed by atoms with E-state index in [1.54, 1.807) is 6.07 Å². The molecule has 1 aromatic rings. The molecule has 0 fully saturated rings. The van der Waals surface area contributed by atoms with Crippen molar-refractivity contribution in [2.24, 2.45) is 5.73 Å². The highest BCUT2D eigenvalue weighted by atomic mass is 35.5. The fourth-order valence-electron chi connectivity index (χ4n) is 0.872. The van der Waals surface area contributed by atoms with Gasteiger partial charge in [0.05, 0.1) is 5.02 Å². The molecule has 4 heteroatoms. The van der Waals surface area contributed by atoms with Gasteiger partial charge in [0.15, 0.2) is 0 Å². The van der Waals surface area contributed by atoms with Crippen LogP contribution >= 0.6 is 23.8 Å². The summed E-state index contributed by atoms with van der Waals surface area (Å²) in [6, 6.07) is 5.55. The molecule has 1 aromatic carbocycles. The van der Waals surface area contributed by atoms with Crippen molar-refractivity contribution in [1.82, 2.24) is 0 Å². The van der Waals surface area contributed by atoms with E-state index < -0.39 is 0 Å². The highest BCUT2D eigenvalue weighted by Gasteiger charge is 2.01. The van der Waals surface area contributed by atoms with Crippen molar-refractivity contribution < 1.29 is 4.74 Å². The van der Waals surface area contributed by atoms with E-state index in [9.17, 15) is 0 Å². The summed E-state index contributed by atoms with van der Waals surface area (Å²) in [5.74, 6) is 0.611. The zero-order valence-corrected chi connectivity index (χ0v) is 8.78. The molecule has 0 saturated heterocycles.